The maximum absolute atomic E-state index is 10.8. The summed E-state index contributed by atoms with van der Waals surface area (Å²) in [7, 11) is 0. The molecule has 1 aliphatic rings. The van der Waals surface area contributed by atoms with Gasteiger partial charge >= 0.3 is 5.97 Å². The molecule has 0 unspecified atom stereocenters. The summed E-state index contributed by atoms with van der Waals surface area (Å²) >= 11 is 5.54. The largest absolute Gasteiger partial charge is 0.461 e. The van der Waals surface area contributed by atoms with E-state index in [9.17, 15) is 4.79 Å². The Kier molecular flexibility index (Phi) is 4.37. The summed E-state index contributed by atoms with van der Waals surface area (Å²) in [6, 6.07) is 17.3. The number of carbonyl (C=O) groups is 1. The van der Waals surface area contributed by atoms with Gasteiger partial charge in [0.2, 0.25) is 0 Å². The van der Waals surface area contributed by atoms with Crippen molar-refractivity contribution in [3.63, 3.8) is 0 Å². The predicted molar refractivity (Wildman–Crippen MR) is 71.4 cm³/mol. The maximum atomic E-state index is 10.8. The van der Waals surface area contributed by atoms with Crippen LogP contribution in [-0.4, -0.2) is 5.97 Å². The van der Waals surface area contributed by atoms with Crippen LogP contribution in [0.3, 0.4) is 0 Å². The van der Waals surface area contributed by atoms with Gasteiger partial charge in [0.15, 0.2) is 0 Å². The molecule has 0 fully saturated rings. The number of cyclic esters (lactones) is 1. The first kappa shape index (κ1) is 12.7. The zero-order valence-corrected chi connectivity index (χ0v) is 10.6. The quantitative estimate of drug-likeness (QED) is 0.676. The molecule has 1 aliphatic heterocycles. The predicted octanol–water partition coefficient (Wildman–Crippen LogP) is 3.63. The molecule has 0 spiro atoms. The van der Waals surface area contributed by atoms with Gasteiger partial charge in [0.1, 0.15) is 6.61 Å². The number of rotatable bonds is 0. The van der Waals surface area contributed by atoms with Crippen LogP contribution in [0.4, 0.5) is 0 Å². The summed E-state index contributed by atoms with van der Waals surface area (Å²) in [5.74, 6) is -0.122. The Labute approximate surface area is 111 Å². The van der Waals surface area contributed by atoms with E-state index in [2.05, 4.69) is 0 Å². The molecule has 2 aromatic rings. The summed E-state index contributed by atoms with van der Waals surface area (Å²) in [5.41, 5.74) is 2.23. The third kappa shape index (κ3) is 3.60. The van der Waals surface area contributed by atoms with Crippen LogP contribution in [0.15, 0.2) is 54.6 Å². The van der Waals surface area contributed by atoms with E-state index >= 15 is 0 Å². The number of fused-ring (bicyclic) bond motifs is 1. The van der Waals surface area contributed by atoms with Crippen molar-refractivity contribution < 1.29 is 9.53 Å². The van der Waals surface area contributed by atoms with E-state index in [1.165, 1.54) is 0 Å². The lowest BCUT2D eigenvalue weighted by Gasteiger charge is -2.14. The Balaban J connectivity index is 0.000000149. The summed E-state index contributed by atoms with van der Waals surface area (Å²) in [6.45, 7) is 0.439. The first-order chi connectivity index (χ1) is 8.75. The Morgan fingerprint density at radius 3 is 2.11 bits per heavy atom. The molecule has 0 radical (unpaired) electrons. The van der Waals surface area contributed by atoms with E-state index in [-0.39, 0.29) is 5.97 Å². The lowest BCUT2D eigenvalue weighted by Crippen LogP contribution is -2.15. The highest BCUT2D eigenvalue weighted by Gasteiger charge is 2.14. The Bertz CT molecular complexity index is 523. The van der Waals surface area contributed by atoms with Crippen molar-refractivity contribution in [1.82, 2.24) is 0 Å². The molecule has 0 aromatic heterocycles. The molecule has 1 heterocycles. The molecule has 0 atom stereocenters. The average molecular weight is 261 g/mol. The van der Waals surface area contributed by atoms with Crippen molar-refractivity contribution in [2.75, 3.05) is 0 Å². The molecular weight excluding hydrogens is 248 g/mol. The van der Waals surface area contributed by atoms with E-state index in [0.29, 0.717) is 13.0 Å². The number of carbonyl (C=O) groups excluding carboxylic acids is 1. The third-order valence-electron chi connectivity index (χ3n) is 2.57. The van der Waals surface area contributed by atoms with E-state index in [0.717, 1.165) is 16.1 Å². The number of benzene rings is 2. The number of hydrogen-bond donors (Lipinski definition) is 0. The minimum absolute atomic E-state index is 0.122. The van der Waals surface area contributed by atoms with E-state index < -0.39 is 0 Å². The molecule has 0 aliphatic carbocycles. The van der Waals surface area contributed by atoms with Gasteiger partial charge in [-0.25, -0.2) is 0 Å². The fraction of sp³-hybridized carbons (Fsp3) is 0.133. The second kappa shape index (κ2) is 6.22. The second-order valence-corrected chi connectivity index (χ2v) is 4.34. The Morgan fingerprint density at radius 1 is 0.889 bits per heavy atom. The number of ether oxygens (including phenoxy) is 1. The van der Waals surface area contributed by atoms with Gasteiger partial charge < -0.3 is 4.74 Å². The molecule has 0 bridgehead atoms. The van der Waals surface area contributed by atoms with Gasteiger partial charge in [-0.3, -0.25) is 4.79 Å². The molecule has 3 heteroatoms. The summed E-state index contributed by atoms with van der Waals surface area (Å²) in [6.07, 6.45) is 0.427. The average Bonchev–Trinajstić information content (AvgIpc) is 2.40. The van der Waals surface area contributed by atoms with Gasteiger partial charge in [0.05, 0.1) is 6.42 Å². The molecule has 92 valence electrons. The van der Waals surface area contributed by atoms with Crippen molar-refractivity contribution in [1.29, 1.82) is 0 Å². The highest BCUT2D eigenvalue weighted by molar-refractivity contribution is 6.30. The van der Waals surface area contributed by atoms with Crippen LogP contribution >= 0.6 is 11.6 Å². The molecular formula is C15H13ClO2. The van der Waals surface area contributed by atoms with Crippen molar-refractivity contribution in [2.24, 2.45) is 0 Å². The van der Waals surface area contributed by atoms with Crippen molar-refractivity contribution in [2.45, 2.75) is 13.0 Å². The van der Waals surface area contributed by atoms with Gasteiger partial charge in [-0.1, -0.05) is 54.1 Å². The highest BCUT2D eigenvalue weighted by atomic mass is 35.5. The highest BCUT2D eigenvalue weighted by Crippen LogP contribution is 2.16. The van der Waals surface area contributed by atoms with Crippen molar-refractivity contribution in [3.8, 4) is 0 Å². The molecule has 0 N–H and O–H groups in total. The summed E-state index contributed by atoms with van der Waals surface area (Å²) in [4.78, 5) is 10.8. The zero-order valence-electron chi connectivity index (χ0n) is 9.80. The van der Waals surface area contributed by atoms with Gasteiger partial charge in [0.25, 0.3) is 0 Å². The number of halogens is 1. The zero-order chi connectivity index (χ0) is 12.8. The Hall–Kier alpha value is -1.80. The molecule has 18 heavy (non-hydrogen) atoms. The van der Waals surface area contributed by atoms with Crippen LogP contribution in [0.2, 0.25) is 5.02 Å². The minimum Gasteiger partial charge on any atom is -0.461 e. The number of esters is 1. The van der Waals surface area contributed by atoms with Gasteiger partial charge in [0, 0.05) is 5.02 Å². The minimum atomic E-state index is -0.122. The molecule has 0 saturated heterocycles. The summed E-state index contributed by atoms with van der Waals surface area (Å²) in [5, 5.41) is 0.794. The van der Waals surface area contributed by atoms with Crippen LogP contribution < -0.4 is 0 Å². The van der Waals surface area contributed by atoms with Crippen LogP contribution in [-0.2, 0) is 22.6 Å². The fourth-order valence-corrected chi connectivity index (χ4v) is 1.80. The lowest BCUT2D eigenvalue weighted by molar-refractivity contribution is -0.145. The number of hydrogen-bond acceptors (Lipinski definition) is 2. The molecule has 2 aromatic carbocycles. The van der Waals surface area contributed by atoms with Crippen LogP contribution in [0.5, 0.6) is 0 Å². The molecule has 0 amide bonds. The van der Waals surface area contributed by atoms with Crippen LogP contribution in [0.25, 0.3) is 0 Å². The standard InChI is InChI=1S/C9H8O2.C6H5Cl/c10-9-5-7-3-1-2-4-8(7)6-11-9;7-6-4-2-1-3-5-6/h1-4H,5-6H2;1-5H. The van der Waals surface area contributed by atoms with E-state index in [4.69, 9.17) is 16.3 Å². The first-order valence-corrected chi connectivity index (χ1v) is 6.06. The summed E-state index contributed by atoms with van der Waals surface area (Å²) < 4.78 is 4.87. The Morgan fingerprint density at radius 2 is 1.50 bits per heavy atom. The fourth-order valence-electron chi connectivity index (χ4n) is 1.65. The molecule has 2 nitrogen and oxygen atoms in total. The molecule has 3 rings (SSSR count). The topological polar surface area (TPSA) is 26.3 Å². The first-order valence-electron chi connectivity index (χ1n) is 5.68. The lowest BCUT2D eigenvalue weighted by atomic mass is 10.0. The monoisotopic (exact) mass is 260 g/mol. The smallest absolute Gasteiger partial charge is 0.310 e. The normalized spacial score (nSPS) is 12.8. The third-order valence-corrected chi connectivity index (χ3v) is 2.83. The van der Waals surface area contributed by atoms with E-state index in [1.54, 1.807) is 0 Å². The maximum Gasteiger partial charge on any atom is 0.310 e. The van der Waals surface area contributed by atoms with Crippen molar-refractivity contribution >= 4 is 17.6 Å². The van der Waals surface area contributed by atoms with Crippen LogP contribution in [0.1, 0.15) is 11.1 Å². The van der Waals surface area contributed by atoms with E-state index in [1.807, 2.05) is 54.6 Å². The van der Waals surface area contributed by atoms with Gasteiger partial charge in [-0.15, -0.1) is 0 Å². The molecule has 0 saturated carbocycles. The SMILES string of the molecule is Clc1ccccc1.O=C1Cc2ccccc2CO1. The van der Waals surface area contributed by atoms with Gasteiger partial charge in [-0.2, -0.15) is 0 Å². The van der Waals surface area contributed by atoms with Gasteiger partial charge in [-0.05, 0) is 23.3 Å². The second-order valence-electron chi connectivity index (χ2n) is 3.90. The van der Waals surface area contributed by atoms with Crippen LogP contribution in [0, 0.1) is 0 Å². The van der Waals surface area contributed by atoms with Crippen molar-refractivity contribution in [3.05, 3.63) is 70.7 Å².